The van der Waals surface area contributed by atoms with E-state index in [0.29, 0.717) is 34.5 Å². The lowest BCUT2D eigenvalue weighted by atomic mass is 10.1. The molecule has 1 aromatic heterocycles. The molecule has 0 unspecified atom stereocenters. The Morgan fingerprint density at radius 3 is 2.28 bits per heavy atom. The van der Waals surface area contributed by atoms with E-state index in [-0.39, 0.29) is 6.54 Å². The largest absolute Gasteiger partial charge is 0.494 e. The molecule has 7 nitrogen and oxygen atoms in total. The van der Waals surface area contributed by atoms with Gasteiger partial charge in [-0.05, 0) is 12.1 Å². The van der Waals surface area contributed by atoms with Crippen LogP contribution in [0, 0.1) is 0 Å². The molecule has 4 N–H and O–H groups in total. The molecule has 0 fully saturated rings. The van der Waals surface area contributed by atoms with E-state index in [4.69, 9.17) is 25.5 Å². The van der Waals surface area contributed by atoms with E-state index in [1.165, 1.54) is 14.2 Å². The van der Waals surface area contributed by atoms with Crippen molar-refractivity contribution in [3.8, 4) is 22.9 Å². The summed E-state index contributed by atoms with van der Waals surface area (Å²) in [6.07, 6.45) is 0. The number of nitrogens with zero attached hydrogens (tertiary/aromatic N) is 2. The highest BCUT2D eigenvalue weighted by Crippen LogP contribution is 2.36. The topological polar surface area (TPSA) is 109 Å². The van der Waals surface area contributed by atoms with E-state index in [1.54, 1.807) is 12.1 Å². The molecule has 0 bridgehead atoms. The van der Waals surface area contributed by atoms with Crippen LogP contribution in [0.15, 0.2) is 16.7 Å². The van der Waals surface area contributed by atoms with Crippen molar-refractivity contribution in [2.24, 2.45) is 5.73 Å². The van der Waals surface area contributed by atoms with E-state index in [1.807, 2.05) is 0 Å². The second kappa shape index (κ2) is 4.92. The molecule has 0 radical (unpaired) electrons. The maximum atomic E-state index is 5.85. The van der Waals surface area contributed by atoms with Gasteiger partial charge in [0.25, 0.3) is 0 Å². The maximum absolute atomic E-state index is 5.85. The summed E-state index contributed by atoms with van der Waals surface area (Å²) in [5, 5.41) is 3.82. The number of rotatable bonds is 4. The molecule has 0 aliphatic rings. The van der Waals surface area contributed by atoms with Crippen molar-refractivity contribution in [1.29, 1.82) is 0 Å². The van der Waals surface area contributed by atoms with Crippen LogP contribution in [-0.4, -0.2) is 24.4 Å². The summed E-state index contributed by atoms with van der Waals surface area (Å²) in [7, 11) is 3.05. The number of anilines is 1. The molecule has 0 saturated heterocycles. The lowest BCUT2D eigenvalue weighted by molar-refractivity contribution is 0.380. The van der Waals surface area contributed by atoms with Crippen LogP contribution in [0.4, 0.5) is 5.69 Å². The zero-order valence-corrected chi connectivity index (χ0v) is 10.1. The van der Waals surface area contributed by atoms with Gasteiger partial charge in [-0.25, -0.2) is 0 Å². The molecule has 1 aromatic carbocycles. The summed E-state index contributed by atoms with van der Waals surface area (Å²) < 4.78 is 15.3. The summed E-state index contributed by atoms with van der Waals surface area (Å²) in [6.45, 7) is 0.191. The standard InChI is InChI=1S/C11H14N4O3/c1-16-7-3-6(4-8(17-2)10(7)13)11-14-9(5-12)18-15-11/h3-4H,5,12-13H2,1-2H3. The fourth-order valence-corrected chi connectivity index (χ4v) is 1.52. The maximum Gasteiger partial charge on any atom is 0.240 e. The lowest BCUT2D eigenvalue weighted by Crippen LogP contribution is -1.98. The summed E-state index contributed by atoms with van der Waals surface area (Å²) in [6, 6.07) is 3.42. The van der Waals surface area contributed by atoms with Crippen molar-refractivity contribution in [3.63, 3.8) is 0 Å². The number of hydrogen-bond donors (Lipinski definition) is 2. The molecule has 7 heteroatoms. The molecule has 2 aromatic rings. The number of benzene rings is 1. The van der Waals surface area contributed by atoms with Gasteiger partial charge in [0.2, 0.25) is 11.7 Å². The Balaban J connectivity index is 2.50. The van der Waals surface area contributed by atoms with Gasteiger partial charge in [-0.1, -0.05) is 5.16 Å². The molecule has 2 rings (SSSR count). The van der Waals surface area contributed by atoms with Gasteiger partial charge >= 0.3 is 0 Å². The average Bonchev–Trinajstić information content (AvgIpc) is 2.88. The number of nitrogen functional groups attached to an aromatic ring is 1. The highest BCUT2D eigenvalue weighted by Gasteiger charge is 2.14. The number of methoxy groups -OCH3 is 2. The lowest BCUT2D eigenvalue weighted by Gasteiger charge is -2.10. The minimum atomic E-state index is 0.191. The summed E-state index contributed by atoms with van der Waals surface area (Å²) in [5.41, 5.74) is 12.4. The second-order valence-corrected chi connectivity index (χ2v) is 3.51. The minimum Gasteiger partial charge on any atom is -0.494 e. The highest BCUT2D eigenvalue weighted by molar-refractivity contribution is 5.72. The van der Waals surface area contributed by atoms with Crippen LogP contribution in [0.25, 0.3) is 11.4 Å². The van der Waals surface area contributed by atoms with Gasteiger partial charge in [0.1, 0.15) is 17.2 Å². The third-order valence-corrected chi connectivity index (χ3v) is 2.44. The summed E-state index contributed by atoms with van der Waals surface area (Å²) in [4.78, 5) is 4.12. The van der Waals surface area contributed by atoms with Gasteiger partial charge in [0, 0.05) is 5.56 Å². The zero-order valence-electron chi connectivity index (χ0n) is 10.1. The fraction of sp³-hybridized carbons (Fsp3) is 0.273. The normalized spacial score (nSPS) is 10.4. The van der Waals surface area contributed by atoms with E-state index >= 15 is 0 Å². The van der Waals surface area contributed by atoms with Crippen LogP contribution >= 0.6 is 0 Å². The highest BCUT2D eigenvalue weighted by atomic mass is 16.5. The predicted molar refractivity (Wildman–Crippen MR) is 65.1 cm³/mol. The molecule has 96 valence electrons. The van der Waals surface area contributed by atoms with Crippen LogP contribution in [0.1, 0.15) is 5.89 Å². The number of hydrogen-bond acceptors (Lipinski definition) is 7. The first-order valence-electron chi connectivity index (χ1n) is 5.24. The number of nitrogens with two attached hydrogens (primary N) is 2. The minimum absolute atomic E-state index is 0.191. The van der Waals surface area contributed by atoms with Crippen LogP contribution < -0.4 is 20.9 Å². The first-order valence-corrected chi connectivity index (χ1v) is 5.24. The Morgan fingerprint density at radius 2 is 1.83 bits per heavy atom. The van der Waals surface area contributed by atoms with Crippen molar-refractivity contribution in [3.05, 3.63) is 18.0 Å². The van der Waals surface area contributed by atoms with Crippen molar-refractivity contribution in [1.82, 2.24) is 10.1 Å². The third kappa shape index (κ3) is 2.07. The van der Waals surface area contributed by atoms with Gasteiger partial charge < -0.3 is 25.5 Å². The van der Waals surface area contributed by atoms with E-state index in [9.17, 15) is 0 Å². The van der Waals surface area contributed by atoms with Gasteiger partial charge in [0.15, 0.2) is 0 Å². The first kappa shape index (κ1) is 12.2. The zero-order chi connectivity index (χ0) is 13.1. The van der Waals surface area contributed by atoms with Gasteiger partial charge in [0.05, 0.1) is 20.8 Å². The third-order valence-electron chi connectivity index (χ3n) is 2.44. The Labute approximate surface area is 104 Å². The Hall–Kier alpha value is -2.28. The molecular weight excluding hydrogens is 236 g/mol. The molecule has 0 spiro atoms. The van der Waals surface area contributed by atoms with Crippen molar-refractivity contribution in [2.45, 2.75) is 6.54 Å². The summed E-state index contributed by atoms with van der Waals surface area (Å²) >= 11 is 0. The fourth-order valence-electron chi connectivity index (χ4n) is 1.52. The average molecular weight is 250 g/mol. The van der Waals surface area contributed by atoms with Gasteiger partial charge in [-0.15, -0.1) is 0 Å². The molecule has 0 atom stereocenters. The predicted octanol–water partition coefficient (Wildman–Crippen LogP) is 0.795. The van der Waals surface area contributed by atoms with Crippen molar-refractivity contribution in [2.75, 3.05) is 20.0 Å². The SMILES string of the molecule is COc1cc(-c2noc(CN)n2)cc(OC)c1N. The number of ether oxygens (including phenoxy) is 2. The molecule has 0 saturated carbocycles. The van der Waals surface area contributed by atoms with Gasteiger partial charge in [-0.2, -0.15) is 4.98 Å². The molecular formula is C11H14N4O3. The van der Waals surface area contributed by atoms with E-state index in [2.05, 4.69) is 10.1 Å². The van der Waals surface area contributed by atoms with Crippen molar-refractivity contribution < 1.29 is 14.0 Å². The quantitative estimate of drug-likeness (QED) is 0.772. The van der Waals surface area contributed by atoms with Crippen LogP contribution in [0.5, 0.6) is 11.5 Å². The Morgan fingerprint density at radius 1 is 1.22 bits per heavy atom. The Kier molecular flexibility index (Phi) is 3.33. The molecule has 0 aliphatic heterocycles. The molecule has 18 heavy (non-hydrogen) atoms. The second-order valence-electron chi connectivity index (χ2n) is 3.51. The number of aromatic nitrogens is 2. The molecule has 1 heterocycles. The first-order chi connectivity index (χ1) is 8.69. The molecule has 0 amide bonds. The van der Waals surface area contributed by atoms with E-state index < -0.39 is 0 Å². The smallest absolute Gasteiger partial charge is 0.240 e. The van der Waals surface area contributed by atoms with Crippen LogP contribution in [-0.2, 0) is 6.54 Å². The van der Waals surface area contributed by atoms with E-state index in [0.717, 1.165) is 0 Å². The van der Waals surface area contributed by atoms with Gasteiger partial charge in [-0.3, -0.25) is 0 Å². The van der Waals surface area contributed by atoms with Crippen LogP contribution in [0.3, 0.4) is 0 Å². The van der Waals surface area contributed by atoms with Crippen molar-refractivity contribution >= 4 is 5.69 Å². The Bertz CT molecular complexity index is 528. The monoisotopic (exact) mass is 250 g/mol. The van der Waals surface area contributed by atoms with Crippen LogP contribution in [0.2, 0.25) is 0 Å². The molecule has 0 aliphatic carbocycles. The summed E-state index contributed by atoms with van der Waals surface area (Å²) in [5.74, 6) is 1.75.